The molecule has 0 amide bonds. The number of aryl methyl sites for hydroxylation is 1. The van der Waals surface area contributed by atoms with Gasteiger partial charge in [0.1, 0.15) is 0 Å². The van der Waals surface area contributed by atoms with Gasteiger partial charge in [0, 0.05) is 38.1 Å². The number of nitrogens with zero attached hydrogens (tertiary/aromatic N) is 2. The van der Waals surface area contributed by atoms with E-state index in [0.29, 0.717) is 6.04 Å². The summed E-state index contributed by atoms with van der Waals surface area (Å²) in [6, 6.07) is 4.80. The molecule has 0 saturated carbocycles. The van der Waals surface area contributed by atoms with Gasteiger partial charge in [0.2, 0.25) is 0 Å². The number of rotatable bonds is 5. The van der Waals surface area contributed by atoms with E-state index in [1.807, 2.05) is 0 Å². The minimum atomic E-state index is 0.579. The smallest absolute Gasteiger partial charge is 0.0359 e. The van der Waals surface area contributed by atoms with Gasteiger partial charge < -0.3 is 14.8 Å². The van der Waals surface area contributed by atoms with Crippen molar-refractivity contribution in [1.82, 2.24) is 14.8 Å². The number of nitrogens with one attached hydrogen (secondary N) is 1. The summed E-state index contributed by atoms with van der Waals surface area (Å²) < 4.78 is 2.15. The minimum absolute atomic E-state index is 0.579. The number of likely N-dealkylation sites (N-methyl/N-ethyl adjacent to an activating group) is 1. The Balaban J connectivity index is 2.25. The zero-order valence-corrected chi connectivity index (χ0v) is 9.62. The molecule has 0 bridgehead atoms. The minimum Gasteiger partial charge on any atom is -0.353 e. The van der Waals surface area contributed by atoms with Crippen LogP contribution in [0.4, 0.5) is 0 Å². The third-order valence-corrected chi connectivity index (χ3v) is 2.68. The van der Waals surface area contributed by atoms with Crippen LogP contribution < -0.4 is 5.32 Å². The molecule has 3 nitrogen and oxygen atoms in total. The fourth-order valence-electron chi connectivity index (χ4n) is 1.27. The van der Waals surface area contributed by atoms with Gasteiger partial charge in [0.25, 0.3) is 0 Å². The van der Waals surface area contributed by atoms with Crippen LogP contribution in [0.2, 0.25) is 0 Å². The zero-order valence-electron chi connectivity index (χ0n) is 9.62. The molecule has 0 aliphatic heterocycles. The summed E-state index contributed by atoms with van der Waals surface area (Å²) in [5.74, 6) is 0. The van der Waals surface area contributed by atoms with Crippen LogP contribution in [0.1, 0.15) is 12.6 Å². The standard InChI is InChI=1S/C11H21N3/c1-10(13(2)3)8-12-9-11-6-5-7-14(11)4/h5-7,10,12H,8-9H2,1-4H3. The van der Waals surface area contributed by atoms with Gasteiger partial charge in [-0.25, -0.2) is 0 Å². The second-order valence-corrected chi connectivity index (χ2v) is 4.05. The number of hydrogen-bond donors (Lipinski definition) is 1. The maximum atomic E-state index is 3.45. The highest BCUT2D eigenvalue weighted by Crippen LogP contribution is 1.98. The molecule has 1 aromatic rings. The van der Waals surface area contributed by atoms with Gasteiger partial charge in [-0.3, -0.25) is 0 Å². The monoisotopic (exact) mass is 195 g/mol. The summed E-state index contributed by atoms with van der Waals surface area (Å²) in [6.07, 6.45) is 2.08. The Hall–Kier alpha value is -0.800. The summed E-state index contributed by atoms with van der Waals surface area (Å²) in [5, 5.41) is 3.45. The SMILES string of the molecule is CC(CNCc1cccn1C)N(C)C. The molecule has 0 saturated heterocycles. The Bertz CT molecular complexity index is 265. The van der Waals surface area contributed by atoms with E-state index in [0.717, 1.165) is 13.1 Å². The fraction of sp³-hybridized carbons (Fsp3) is 0.636. The lowest BCUT2D eigenvalue weighted by Crippen LogP contribution is -2.35. The second kappa shape index (κ2) is 5.17. The highest BCUT2D eigenvalue weighted by atomic mass is 15.1. The van der Waals surface area contributed by atoms with E-state index in [1.165, 1.54) is 5.69 Å². The average molecular weight is 195 g/mol. The molecule has 1 atom stereocenters. The first-order valence-electron chi connectivity index (χ1n) is 5.08. The van der Waals surface area contributed by atoms with Crippen LogP contribution in [0.5, 0.6) is 0 Å². The first-order valence-corrected chi connectivity index (χ1v) is 5.08. The van der Waals surface area contributed by atoms with Crippen molar-refractivity contribution in [3.05, 3.63) is 24.0 Å². The predicted octanol–water partition coefficient (Wildman–Crippen LogP) is 1.06. The molecule has 3 heteroatoms. The molecule has 1 unspecified atom stereocenters. The van der Waals surface area contributed by atoms with Crippen LogP contribution in [-0.2, 0) is 13.6 Å². The van der Waals surface area contributed by atoms with E-state index in [-0.39, 0.29) is 0 Å². The average Bonchev–Trinajstić information content (AvgIpc) is 2.51. The molecule has 1 aromatic heterocycles. The number of hydrogen-bond acceptors (Lipinski definition) is 2. The van der Waals surface area contributed by atoms with Crippen molar-refractivity contribution in [3.63, 3.8) is 0 Å². The van der Waals surface area contributed by atoms with E-state index in [9.17, 15) is 0 Å². The molecule has 80 valence electrons. The van der Waals surface area contributed by atoms with Crippen LogP contribution in [0.15, 0.2) is 18.3 Å². The highest BCUT2D eigenvalue weighted by molar-refractivity contribution is 5.05. The van der Waals surface area contributed by atoms with Gasteiger partial charge in [0.15, 0.2) is 0 Å². The Kier molecular flexibility index (Phi) is 4.17. The Morgan fingerprint density at radius 1 is 1.50 bits per heavy atom. The number of aromatic nitrogens is 1. The van der Waals surface area contributed by atoms with Crippen molar-refractivity contribution in [2.45, 2.75) is 19.5 Å². The molecule has 0 aliphatic rings. The lowest BCUT2D eigenvalue weighted by Gasteiger charge is -2.20. The first kappa shape index (κ1) is 11.3. The van der Waals surface area contributed by atoms with E-state index < -0.39 is 0 Å². The van der Waals surface area contributed by atoms with E-state index >= 15 is 0 Å². The van der Waals surface area contributed by atoms with Crippen LogP contribution in [0.3, 0.4) is 0 Å². The van der Waals surface area contributed by atoms with Gasteiger partial charge in [-0.2, -0.15) is 0 Å². The lowest BCUT2D eigenvalue weighted by molar-refractivity contribution is 0.302. The quantitative estimate of drug-likeness (QED) is 0.758. The van der Waals surface area contributed by atoms with Crippen molar-refractivity contribution in [2.24, 2.45) is 7.05 Å². The van der Waals surface area contributed by atoms with E-state index in [1.54, 1.807) is 0 Å². The summed E-state index contributed by atoms with van der Waals surface area (Å²) in [5.41, 5.74) is 1.33. The molecule has 1 rings (SSSR count). The van der Waals surface area contributed by atoms with Crippen LogP contribution in [-0.4, -0.2) is 36.1 Å². The van der Waals surface area contributed by atoms with Gasteiger partial charge >= 0.3 is 0 Å². The van der Waals surface area contributed by atoms with Crippen molar-refractivity contribution in [1.29, 1.82) is 0 Å². The second-order valence-electron chi connectivity index (χ2n) is 4.05. The van der Waals surface area contributed by atoms with E-state index in [2.05, 4.69) is 61.2 Å². The molecular weight excluding hydrogens is 174 g/mol. The molecule has 0 spiro atoms. The summed E-state index contributed by atoms with van der Waals surface area (Å²) in [4.78, 5) is 2.22. The Labute approximate surface area is 86.7 Å². The zero-order chi connectivity index (χ0) is 10.6. The lowest BCUT2D eigenvalue weighted by atomic mass is 10.3. The first-order chi connectivity index (χ1) is 6.61. The highest BCUT2D eigenvalue weighted by Gasteiger charge is 2.03. The van der Waals surface area contributed by atoms with Crippen molar-refractivity contribution in [2.75, 3.05) is 20.6 Å². The molecule has 1 heterocycles. The molecule has 14 heavy (non-hydrogen) atoms. The van der Waals surface area contributed by atoms with Gasteiger partial charge in [-0.1, -0.05) is 0 Å². The summed E-state index contributed by atoms with van der Waals surface area (Å²) in [7, 11) is 6.29. The van der Waals surface area contributed by atoms with Crippen molar-refractivity contribution < 1.29 is 0 Å². The Morgan fingerprint density at radius 2 is 2.21 bits per heavy atom. The molecule has 0 aromatic carbocycles. The molecule has 0 radical (unpaired) electrons. The molecular formula is C11H21N3. The van der Waals surface area contributed by atoms with Crippen LogP contribution in [0, 0.1) is 0 Å². The maximum Gasteiger partial charge on any atom is 0.0359 e. The van der Waals surface area contributed by atoms with Crippen molar-refractivity contribution >= 4 is 0 Å². The normalized spacial score (nSPS) is 13.5. The van der Waals surface area contributed by atoms with E-state index in [4.69, 9.17) is 0 Å². The third kappa shape index (κ3) is 3.16. The fourth-order valence-corrected chi connectivity index (χ4v) is 1.27. The summed E-state index contributed by atoms with van der Waals surface area (Å²) in [6.45, 7) is 4.19. The maximum absolute atomic E-state index is 3.45. The van der Waals surface area contributed by atoms with Crippen LogP contribution in [0.25, 0.3) is 0 Å². The summed E-state index contributed by atoms with van der Waals surface area (Å²) >= 11 is 0. The van der Waals surface area contributed by atoms with Crippen LogP contribution >= 0.6 is 0 Å². The predicted molar refractivity (Wildman–Crippen MR) is 60.3 cm³/mol. The van der Waals surface area contributed by atoms with Crippen molar-refractivity contribution in [3.8, 4) is 0 Å². The Morgan fingerprint density at radius 3 is 2.71 bits per heavy atom. The topological polar surface area (TPSA) is 20.2 Å². The molecule has 0 fully saturated rings. The molecule has 1 N–H and O–H groups in total. The van der Waals surface area contributed by atoms with Gasteiger partial charge in [0.05, 0.1) is 0 Å². The van der Waals surface area contributed by atoms with Gasteiger partial charge in [-0.15, -0.1) is 0 Å². The largest absolute Gasteiger partial charge is 0.353 e. The van der Waals surface area contributed by atoms with Gasteiger partial charge in [-0.05, 0) is 33.2 Å². The third-order valence-electron chi connectivity index (χ3n) is 2.68. The molecule has 0 aliphatic carbocycles.